The van der Waals surface area contributed by atoms with Gasteiger partial charge in [0.25, 0.3) is 0 Å². The van der Waals surface area contributed by atoms with E-state index in [1.807, 2.05) is 6.92 Å². The molecule has 18 heavy (non-hydrogen) atoms. The Bertz CT molecular complexity index is 511. The Kier molecular flexibility index (Phi) is 3.72. The molecular formula is C12H17NO4S. The van der Waals surface area contributed by atoms with Crippen LogP contribution in [0, 0.1) is 6.92 Å². The standard InChI is InChI=1S/C12H17NO4S/c1-9-2-4-10(5-3-9)18(16,17)13-7-6-12(15)11(13)8-14/h2-5,11-12,14-15H,6-8H2,1H3/t11-,12+/m0/s1. The van der Waals surface area contributed by atoms with Crippen molar-refractivity contribution in [3.63, 3.8) is 0 Å². The normalized spacial score (nSPS) is 25.5. The van der Waals surface area contributed by atoms with E-state index < -0.39 is 22.2 Å². The first-order valence-electron chi connectivity index (χ1n) is 5.84. The van der Waals surface area contributed by atoms with Crippen molar-refractivity contribution in [2.45, 2.75) is 30.4 Å². The van der Waals surface area contributed by atoms with Crippen molar-refractivity contribution in [2.24, 2.45) is 0 Å². The molecule has 0 aliphatic carbocycles. The lowest BCUT2D eigenvalue weighted by Crippen LogP contribution is -2.41. The van der Waals surface area contributed by atoms with Gasteiger partial charge < -0.3 is 10.2 Å². The van der Waals surface area contributed by atoms with Gasteiger partial charge >= 0.3 is 0 Å². The molecule has 1 aromatic carbocycles. The summed E-state index contributed by atoms with van der Waals surface area (Å²) in [6.45, 7) is 1.75. The van der Waals surface area contributed by atoms with E-state index in [1.54, 1.807) is 24.3 Å². The molecule has 1 aromatic rings. The van der Waals surface area contributed by atoms with Gasteiger partial charge in [-0.3, -0.25) is 0 Å². The number of hydrogen-bond donors (Lipinski definition) is 2. The number of aliphatic hydroxyl groups excluding tert-OH is 2. The summed E-state index contributed by atoms with van der Waals surface area (Å²) < 4.78 is 25.9. The molecule has 1 fully saturated rings. The van der Waals surface area contributed by atoms with Crippen molar-refractivity contribution in [1.29, 1.82) is 0 Å². The molecular weight excluding hydrogens is 254 g/mol. The SMILES string of the molecule is Cc1ccc(S(=O)(=O)N2CC[C@@H](O)[C@@H]2CO)cc1. The summed E-state index contributed by atoms with van der Waals surface area (Å²) in [7, 11) is -3.64. The maximum absolute atomic E-state index is 12.4. The zero-order chi connectivity index (χ0) is 13.3. The smallest absolute Gasteiger partial charge is 0.243 e. The third kappa shape index (κ3) is 2.29. The molecule has 0 amide bonds. The van der Waals surface area contributed by atoms with Crippen molar-refractivity contribution in [3.8, 4) is 0 Å². The van der Waals surface area contributed by atoms with E-state index in [4.69, 9.17) is 0 Å². The van der Waals surface area contributed by atoms with Gasteiger partial charge in [0.1, 0.15) is 0 Å². The Morgan fingerprint density at radius 1 is 1.33 bits per heavy atom. The predicted molar refractivity (Wildman–Crippen MR) is 66.6 cm³/mol. The minimum atomic E-state index is -3.64. The molecule has 1 heterocycles. The Labute approximate surface area is 107 Å². The van der Waals surface area contributed by atoms with Gasteiger partial charge in [0.15, 0.2) is 0 Å². The monoisotopic (exact) mass is 271 g/mol. The van der Waals surface area contributed by atoms with Gasteiger partial charge in [0.05, 0.1) is 23.6 Å². The highest BCUT2D eigenvalue weighted by molar-refractivity contribution is 7.89. The van der Waals surface area contributed by atoms with Crippen LogP contribution in [0.3, 0.4) is 0 Å². The van der Waals surface area contributed by atoms with Crippen LogP contribution in [-0.4, -0.2) is 48.2 Å². The third-order valence-electron chi connectivity index (χ3n) is 3.27. The third-order valence-corrected chi connectivity index (χ3v) is 5.21. The van der Waals surface area contributed by atoms with Gasteiger partial charge in [-0.1, -0.05) is 17.7 Å². The molecule has 5 nitrogen and oxygen atoms in total. The quantitative estimate of drug-likeness (QED) is 0.818. The highest BCUT2D eigenvalue weighted by Gasteiger charge is 2.40. The summed E-state index contributed by atoms with van der Waals surface area (Å²) in [5.41, 5.74) is 0.981. The second-order valence-corrected chi connectivity index (χ2v) is 6.43. The number of benzene rings is 1. The zero-order valence-electron chi connectivity index (χ0n) is 10.2. The molecule has 0 spiro atoms. The van der Waals surface area contributed by atoms with Gasteiger partial charge in [-0.05, 0) is 25.5 Å². The van der Waals surface area contributed by atoms with E-state index in [2.05, 4.69) is 0 Å². The Hall–Kier alpha value is -0.950. The van der Waals surface area contributed by atoms with Crippen molar-refractivity contribution in [3.05, 3.63) is 29.8 Å². The van der Waals surface area contributed by atoms with E-state index in [9.17, 15) is 18.6 Å². The molecule has 6 heteroatoms. The Morgan fingerprint density at radius 2 is 1.94 bits per heavy atom. The summed E-state index contributed by atoms with van der Waals surface area (Å²) in [5.74, 6) is 0. The molecule has 100 valence electrons. The first kappa shape index (κ1) is 13.5. The van der Waals surface area contributed by atoms with Crippen LogP contribution in [0.1, 0.15) is 12.0 Å². The van der Waals surface area contributed by atoms with Crippen LogP contribution in [0.25, 0.3) is 0 Å². The van der Waals surface area contributed by atoms with Gasteiger partial charge in [-0.2, -0.15) is 4.31 Å². The number of aliphatic hydroxyl groups is 2. The van der Waals surface area contributed by atoms with Gasteiger partial charge in [-0.25, -0.2) is 8.42 Å². The second-order valence-electron chi connectivity index (χ2n) is 4.53. The van der Waals surface area contributed by atoms with Gasteiger partial charge in [0, 0.05) is 6.54 Å². The minimum Gasteiger partial charge on any atom is -0.395 e. The highest BCUT2D eigenvalue weighted by Crippen LogP contribution is 2.26. The number of nitrogens with zero attached hydrogens (tertiary/aromatic N) is 1. The molecule has 1 saturated heterocycles. The maximum Gasteiger partial charge on any atom is 0.243 e. The summed E-state index contributed by atoms with van der Waals surface area (Å²) in [6.07, 6.45) is -0.439. The van der Waals surface area contributed by atoms with Crippen molar-refractivity contribution in [1.82, 2.24) is 4.31 Å². The molecule has 1 aliphatic rings. The average Bonchev–Trinajstić information content (AvgIpc) is 2.71. The highest BCUT2D eigenvalue weighted by atomic mass is 32.2. The molecule has 2 rings (SSSR count). The van der Waals surface area contributed by atoms with E-state index in [0.717, 1.165) is 5.56 Å². The van der Waals surface area contributed by atoms with Gasteiger partial charge in [0.2, 0.25) is 10.0 Å². The molecule has 0 saturated carbocycles. The fraction of sp³-hybridized carbons (Fsp3) is 0.500. The minimum absolute atomic E-state index is 0.195. The molecule has 2 N–H and O–H groups in total. The number of sulfonamides is 1. The largest absolute Gasteiger partial charge is 0.395 e. The summed E-state index contributed by atoms with van der Waals surface area (Å²) in [4.78, 5) is 0.195. The van der Waals surface area contributed by atoms with Crippen LogP contribution < -0.4 is 0 Å². The first-order chi connectivity index (χ1) is 8.46. The van der Waals surface area contributed by atoms with E-state index in [1.165, 1.54) is 4.31 Å². The van der Waals surface area contributed by atoms with Crippen molar-refractivity contribution >= 4 is 10.0 Å². The molecule has 1 aliphatic heterocycles. The van der Waals surface area contributed by atoms with Crippen LogP contribution in [-0.2, 0) is 10.0 Å². The van der Waals surface area contributed by atoms with Crippen molar-refractivity contribution in [2.75, 3.05) is 13.2 Å². The van der Waals surface area contributed by atoms with Crippen molar-refractivity contribution < 1.29 is 18.6 Å². The van der Waals surface area contributed by atoms with E-state index in [0.29, 0.717) is 6.42 Å². The maximum atomic E-state index is 12.4. The van der Waals surface area contributed by atoms with Gasteiger partial charge in [-0.15, -0.1) is 0 Å². The number of rotatable bonds is 3. The van der Waals surface area contributed by atoms with E-state index >= 15 is 0 Å². The number of hydrogen-bond acceptors (Lipinski definition) is 4. The Morgan fingerprint density at radius 3 is 2.50 bits per heavy atom. The van der Waals surface area contributed by atoms with Crippen LogP contribution >= 0.6 is 0 Å². The second kappa shape index (κ2) is 4.97. The molecule has 0 bridgehead atoms. The van der Waals surface area contributed by atoms with Crippen LogP contribution in [0.15, 0.2) is 29.2 Å². The molecule has 0 radical (unpaired) electrons. The fourth-order valence-electron chi connectivity index (χ4n) is 2.17. The molecule has 2 atom stereocenters. The van der Waals surface area contributed by atoms with Crippen LogP contribution in [0.5, 0.6) is 0 Å². The fourth-order valence-corrected chi connectivity index (χ4v) is 3.83. The predicted octanol–water partition coefficient (Wildman–Crippen LogP) is 0.111. The Balaban J connectivity index is 2.34. The molecule has 0 unspecified atom stereocenters. The lowest BCUT2D eigenvalue weighted by atomic mass is 10.2. The summed E-state index contributed by atoms with van der Waals surface area (Å²) in [6, 6.07) is 5.81. The van der Waals surface area contributed by atoms with Crippen LogP contribution in [0.4, 0.5) is 0 Å². The van der Waals surface area contributed by atoms with E-state index in [-0.39, 0.29) is 18.0 Å². The zero-order valence-corrected chi connectivity index (χ0v) is 11.0. The number of aryl methyl sites for hydroxylation is 1. The van der Waals surface area contributed by atoms with Crippen LogP contribution in [0.2, 0.25) is 0 Å². The average molecular weight is 271 g/mol. The lowest BCUT2D eigenvalue weighted by Gasteiger charge is -2.23. The lowest BCUT2D eigenvalue weighted by molar-refractivity contribution is 0.0987. The topological polar surface area (TPSA) is 77.8 Å². The summed E-state index contributed by atoms with van der Waals surface area (Å²) in [5, 5.41) is 18.8. The molecule has 0 aromatic heterocycles. The summed E-state index contributed by atoms with van der Waals surface area (Å²) >= 11 is 0. The first-order valence-corrected chi connectivity index (χ1v) is 7.28.